The molecular formula is C17H23BrClN3O2. The molecule has 132 valence electrons. The third-order valence-electron chi connectivity index (χ3n) is 4.90. The molecule has 3 N–H and O–H groups in total. The topological polar surface area (TPSA) is 75.4 Å². The Hall–Kier alpha value is -1.27. The second-order valence-corrected chi connectivity index (χ2v) is 7.47. The Morgan fingerprint density at radius 1 is 1.33 bits per heavy atom. The standard InChI is InChI=1S/C17H22BrN3O2.ClH/c1-10-6-12(18)8-14(16(10)19)20-17(23)11-7-15(22)21(9-11)13-4-2-3-5-13;/h6,8,11,13H,2-5,7,9,19H2,1H3,(H,20,23);1H. The van der Waals surface area contributed by atoms with Crippen molar-refractivity contribution in [2.45, 2.75) is 45.1 Å². The van der Waals surface area contributed by atoms with E-state index in [1.807, 2.05) is 17.9 Å². The van der Waals surface area contributed by atoms with E-state index in [0.29, 0.717) is 30.4 Å². The molecule has 1 atom stereocenters. The normalized spacial score (nSPS) is 21.0. The van der Waals surface area contributed by atoms with E-state index >= 15 is 0 Å². The van der Waals surface area contributed by atoms with Crippen molar-refractivity contribution < 1.29 is 9.59 Å². The van der Waals surface area contributed by atoms with Gasteiger partial charge in [-0.25, -0.2) is 0 Å². The largest absolute Gasteiger partial charge is 0.397 e. The number of anilines is 2. The lowest BCUT2D eigenvalue weighted by atomic mass is 10.1. The molecule has 0 radical (unpaired) electrons. The molecule has 1 saturated heterocycles. The minimum atomic E-state index is -0.290. The van der Waals surface area contributed by atoms with Crippen molar-refractivity contribution in [2.75, 3.05) is 17.6 Å². The summed E-state index contributed by atoms with van der Waals surface area (Å²) in [5.41, 5.74) is 8.12. The van der Waals surface area contributed by atoms with Crippen LogP contribution in [0, 0.1) is 12.8 Å². The lowest BCUT2D eigenvalue weighted by Gasteiger charge is -2.24. The summed E-state index contributed by atoms with van der Waals surface area (Å²) in [6, 6.07) is 4.04. The number of rotatable bonds is 3. The number of halogens is 2. The molecule has 24 heavy (non-hydrogen) atoms. The van der Waals surface area contributed by atoms with E-state index in [-0.39, 0.29) is 30.1 Å². The summed E-state index contributed by atoms with van der Waals surface area (Å²) in [6.07, 6.45) is 4.79. The maximum absolute atomic E-state index is 12.5. The van der Waals surface area contributed by atoms with Crippen LogP contribution in [0.2, 0.25) is 0 Å². The van der Waals surface area contributed by atoms with Crippen LogP contribution >= 0.6 is 28.3 Å². The first-order chi connectivity index (χ1) is 11.0. The monoisotopic (exact) mass is 415 g/mol. The van der Waals surface area contributed by atoms with Crippen molar-refractivity contribution in [1.29, 1.82) is 0 Å². The van der Waals surface area contributed by atoms with Gasteiger partial charge in [-0.05, 0) is 37.5 Å². The van der Waals surface area contributed by atoms with Crippen LogP contribution < -0.4 is 11.1 Å². The van der Waals surface area contributed by atoms with E-state index in [1.54, 1.807) is 6.07 Å². The zero-order chi connectivity index (χ0) is 16.6. The highest BCUT2D eigenvalue weighted by Gasteiger charge is 2.38. The number of carbonyl (C=O) groups excluding carboxylic acids is 2. The number of nitrogens with one attached hydrogen (secondary N) is 1. The van der Waals surface area contributed by atoms with Crippen LogP contribution in [0.25, 0.3) is 0 Å². The highest BCUT2D eigenvalue weighted by Crippen LogP contribution is 2.31. The van der Waals surface area contributed by atoms with Gasteiger partial charge in [0.25, 0.3) is 0 Å². The van der Waals surface area contributed by atoms with Gasteiger partial charge in [0, 0.05) is 23.5 Å². The highest BCUT2D eigenvalue weighted by atomic mass is 79.9. The van der Waals surface area contributed by atoms with Crippen LogP contribution in [0.3, 0.4) is 0 Å². The SMILES string of the molecule is Cc1cc(Br)cc(NC(=O)C2CC(=O)N(C3CCCC3)C2)c1N.Cl. The number of benzene rings is 1. The first-order valence-electron chi connectivity index (χ1n) is 8.11. The van der Waals surface area contributed by atoms with Gasteiger partial charge >= 0.3 is 0 Å². The Labute approximate surface area is 156 Å². The lowest BCUT2D eigenvalue weighted by Crippen LogP contribution is -2.35. The van der Waals surface area contributed by atoms with Crippen molar-refractivity contribution in [3.63, 3.8) is 0 Å². The van der Waals surface area contributed by atoms with Gasteiger partial charge in [0.15, 0.2) is 0 Å². The first-order valence-corrected chi connectivity index (χ1v) is 8.91. The van der Waals surface area contributed by atoms with Crippen LogP contribution in [0.5, 0.6) is 0 Å². The third-order valence-corrected chi connectivity index (χ3v) is 5.36. The van der Waals surface area contributed by atoms with Gasteiger partial charge in [-0.3, -0.25) is 9.59 Å². The zero-order valence-electron chi connectivity index (χ0n) is 13.7. The maximum atomic E-state index is 12.5. The van der Waals surface area contributed by atoms with E-state index in [0.717, 1.165) is 22.9 Å². The van der Waals surface area contributed by atoms with Crippen molar-refractivity contribution in [3.05, 3.63) is 22.2 Å². The van der Waals surface area contributed by atoms with Gasteiger partial charge in [-0.2, -0.15) is 0 Å². The summed E-state index contributed by atoms with van der Waals surface area (Å²) in [4.78, 5) is 26.7. The summed E-state index contributed by atoms with van der Waals surface area (Å²) in [5, 5.41) is 2.89. The van der Waals surface area contributed by atoms with E-state index in [2.05, 4.69) is 21.2 Å². The molecule has 1 saturated carbocycles. The van der Waals surface area contributed by atoms with Crippen LogP contribution in [-0.2, 0) is 9.59 Å². The quantitative estimate of drug-likeness (QED) is 0.741. The molecule has 1 aromatic carbocycles. The fourth-order valence-corrected chi connectivity index (χ4v) is 4.14. The van der Waals surface area contributed by atoms with Gasteiger partial charge in [0.2, 0.25) is 11.8 Å². The van der Waals surface area contributed by atoms with Crippen molar-refractivity contribution in [2.24, 2.45) is 5.92 Å². The van der Waals surface area contributed by atoms with Crippen LogP contribution in [-0.4, -0.2) is 29.3 Å². The lowest BCUT2D eigenvalue weighted by molar-refractivity contribution is -0.129. The molecule has 1 aliphatic heterocycles. The summed E-state index contributed by atoms with van der Waals surface area (Å²) in [5.74, 6) is -0.305. The summed E-state index contributed by atoms with van der Waals surface area (Å²) < 4.78 is 0.870. The van der Waals surface area contributed by atoms with Gasteiger partial charge in [0.1, 0.15) is 0 Å². The summed E-state index contributed by atoms with van der Waals surface area (Å²) in [6.45, 7) is 2.43. The van der Waals surface area contributed by atoms with E-state index in [1.165, 1.54) is 12.8 Å². The fraction of sp³-hybridized carbons (Fsp3) is 0.529. The first kappa shape index (κ1) is 19.1. The van der Waals surface area contributed by atoms with Crippen LogP contribution in [0.1, 0.15) is 37.7 Å². The molecule has 2 aliphatic rings. The Morgan fingerprint density at radius 3 is 2.67 bits per heavy atom. The Morgan fingerprint density at radius 2 is 2.00 bits per heavy atom. The molecule has 1 unspecified atom stereocenters. The molecule has 0 spiro atoms. The minimum Gasteiger partial charge on any atom is -0.397 e. The number of aryl methyl sites for hydroxylation is 1. The predicted molar refractivity (Wildman–Crippen MR) is 101 cm³/mol. The predicted octanol–water partition coefficient (Wildman–Crippen LogP) is 3.49. The van der Waals surface area contributed by atoms with Crippen molar-refractivity contribution >= 4 is 51.5 Å². The number of nitrogens with zero attached hydrogens (tertiary/aromatic N) is 1. The smallest absolute Gasteiger partial charge is 0.229 e. The molecule has 1 aromatic rings. The number of hydrogen-bond donors (Lipinski definition) is 2. The van der Waals surface area contributed by atoms with Gasteiger partial charge < -0.3 is 16.0 Å². The number of amides is 2. The molecular weight excluding hydrogens is 394 g/mol. The van der Waals surface area contributed by atoms with Crippen molar-refractivity contribution in [1.82, 2.24) is 4.90 Å². The highest BCUT2D eigenvalue weighted by molar-refractivity contribution is 9.10. The Balaban J connectivity index is 0.00000208. The maximum Gasteiger partial charge on any atom is 0.229 e. The Kier molecular flexibility index (Phi) is 6.15. The van der Waals surface area contributed by atoms with Gasteiger partial charge in [0.05, 0.1) is 17.3 Å². The fourth-order valence-electron chi connectivity index (χ4n) is 3.57. The summed E-state index contributed by atoms with van der Waals surface area (Å²) in [7, 11) is 0. The second-order valence-electron chi connectivity index (χ2n) is 6.56. The molecule has 5 nitrogen and oxygen atoms in total. The zero-order valence-corrected chi connectivity index (χ0v) is 16.1. The number of nitrogens with two attached hydrogens (primary N) is 1. The minimum absolute atomic E-state index is 0. The average molecular weight is 417 g/mol. The molecule has 7 heteroatoms. The van der Waals surface area contributed by atoms with Crippen LogP contribution in [0.4, 0.5) is 11.4 Å². The van der Waals surface area contributed by atoms with E-state index < -0.39 is 0 Å². The van der Waals surface area contributed by atoms with Gasteiger partial charge in [-0.15, -0.1) is 12.4 Å². The second kappa shape index (κ2) is 7.74. The number of nitrogen functional groups attached to an aromatic ring is 1. The van der Waals surface area contributed by atoms with Crippen molar-refractivity contribution in [3.8, 4) is 0 Å². The number of carbonyl (C=O) groups is 2. The molecule has 0 aromatic heterocycles. The number of hydrogen-bond acceptors (Lipinski definition) is 3. The third kappa shape index (κ3) is 3.86. The van der Waals surface area contributed by atoms with E-state index in [9.17, 15) is 9.59 Å². The molecule has 1 heterocycles. The number of likely N-dealkylation sites (tertiary alicyclic amines) is 1. The average Bonchev–Trinajstić information content (AvgIpc) is 3.13. The molecule has 1 aliphatic carbocycles. The van der Waals surface area contributed by atoms with E-state index in [4.69, 9.17) is 5.73 Å². The summed E-state index contributed by atoms with van der Waals surface area (Å²) >= 11 is 3.42. The molecule has 2 amide bonds. The Bertz CT molecular complexity index is 647. The molecule has 2 fully saturated rings. The molecule has 0 bridgehead atoms. The molecule has 3 rings (SSSR count). The van der Waals surface area contributed by atoms with Crippen LogP contribution in [0.15, 0.2) is 16.6 Å². The van der Waals surface area contributed by atoms with Gasteiger partial charge in [-0.1, -0.05) is 28.8 Å².